The normalized spacial score (nSPS) is 16.1. The minimum Gasteiger partial charge on any atom is -0.478 e. The molecule has 0 radical (unpaired) electrons. The van der Waals surface area contributed by atoms with Crippen LogP contribution in [0.2, 0.25) is 0 Å². The number of aliphatic imine (C=N–C) groups is 2. The highest BCUT2D eigenvalue weighted by Crippen LogP contribution is 2.42. The molecular weight excluding hydrogens is 837 g/mol. The second kappa shape index (κ2) is 24.6. The number of benzene rings is 4. The first kappa shape index (κ1) is 46.5. The minimum absolute atomic E-state index is 0.0898. The number of carboxylic acids is 2. The average Bonchev–Trinajstić information content (AvgIpc) is 3.58. The highest BCUT2D eigenvalue weighted by atomic mass is 32.2. The lowest BCUT2D eigenvalue weighted by atomic mass is 10.2. The van der Waals surface area contributed by atoms with Gasteiger partial charge in [-0.05, 0) is 36.4 Å². The molecular formula is C46H54N6O8S2. The van der Waals surface area contributed by atoms with Gasteiger partial charge in [0.15, 0.2) is 0 Å². The third-order valence-corrected chi connectivity index (χ3v) is 12.4. The summed E-state index contributed by atoms with van der Waals surface area (Å²) in [6.07, 6.45) is 1.12. The molecule has 4 heterocycles. The Kier molecular flexibility index (Phi) is 18.4. The lowest BCUT2D eigenvalue weighted by Crippen LogP contribution is -2.49. The Morgan fingerprint density at radius 3 is 1.24 bits per heavy atom. The van der Waals surface area contributed by atoms with E-state index < -0.39 is 11.9 Å². The molecule has 0 spiro atoms. The zero-order valence-corrected chi connectivity index (χ0v) is 36.3. The van der Waals surface area contributed by atoms with E-state index in [4.69, 9.17) is 39.9 Å². The van der Waals surface area contributed by atoms with Crippen LogP contribution in [-0.4, -0.2) is 169 Å². The third kappa shape index (κ3) is 13.7. The van der Waals surface area contributed by atoms with Gasteiger partial charge in [-0.15, -0.1) is 0 Å². The van der Waals surface area contributed by atoms with Crippen molar-refractivity contribution in [1.82, 2.24) is 19.6 Å². The summed E-state index contributed by atoms with van der Waals surface area (Å²) in [5.74, 6) is -0.349. The number of aliphatic hydroxyl groups is 2. The number of aliphatic carboxylic acids is 2. The lowest BCUT2D eigenvalue weighted by molar-refractivity contribution is -0.134. The van der Waals surface area contributed by atoms with E-state index in [0.717, 1.165) is 88.5 Å². The number of carboxylic acid groups (broad SMARTS) is 2. The number of carbonyl (C=O) groups is 2. The van der Waals surface area contributed by atoms with Crippen molar-refractivity contribution in [2.24, 2.45) is 9.98 Å². The molecule has 0 amide bonds. The summed E-state index contributed by atoms with van der Waals surface area (Å²) in [6, 6.07) is 33.9. The molecule has 4 aromatic rings. The van der Waals surface area contributed by atoms with E-state index in [1.54, 1.807) is 23.5 Å². The largest absolute Gasteiger partial charge is 0.478 e. The van der Waals surface area contributed by atoms with Gasteiger partial charge in [0.1, 0.15) is 11.7 Å². The predicted octanol–water partition coefficient (Wildman–Crippen LogP) is 5.42. The summed E-state index contributed by atoms with van der Waals surface area (Å²) >= 11 is 3.60. The van der Waals surface area contributed by atoms with Crippen molar-refractivity contribution in [2.45, 2.75) is 19.6 Å². The molecule has 2 saturated heterocycles. The van der Waals surface area contributed by atoms with Gasteiger partial charge in [-0.3, -0.25) is 9.80 Å². The Hall–Kier alpha value is -5.04. The van der Waals surface area contributed by atoms with E-state index in [-0.39, 0.29) is 13.2 Å². The summed E-state index contributed by atoms with van der Waals surface area (Å²) in [5, 5.41) is 33.2. The number of amidine groups is 2. The molecule has 62 heavy (non-hydrogen) atoms. The van der Waals surface area contributed by atoms with Gasteiger partial charge in [0.25, 0.3) is 0 Å². The van der Waals surface area contributed by atoms with Crippen molar-refractivity contribution in [3.8, 4) is 0 Å². The number of rotatable bonds is 12. The van der Waals surface area contributed by atoms with E-state index in [1.807, 2.05) is 0 Å². The van der Waals surface area contributed by atoms with Crippen molar-refractivity contribution < 1.29 is 39.5 Å². The average molecular weight is 891 g/mol. The molecule has 0 unspecified atom stereocenters. The number of aliphatic hydroxyl groups excluding tert-OH is 2. The van der Waals surface area contributed by atoms with Crippen molar-refractivity contribution in [3.63, 3.8) is 0 Å². The predicted molar refractivity (Wildman–Crippen MR) is 243 cm³/mol. The summed E-state index contributed by atoms with van der Waals surface area (Å²) in [4.78, 5) is 43.8. The van der Waals surface area contributed by atoms with Crippen LogP contribution in [0.5, 0.6) is 0 Å². The summed E-state index contributed by atoms with van der Waals surface area (Å²) in [6.45, 7) is 12.0. The van der Waals surface area contributed by atoms with Gasteiger partial charge in [0.2, 0.25) is 0 Å². The zero-order chi connectivity index (χ0) is 43.5. The summed E-state index contributed by atoms with van der Waals surface area (Å²) in [7, 11) is 0. The number of ether oxygens (including phenoxy) is 2. The van der Waals surface area contributed by atoms with Crippen molar-refractivity contribution in [1.29, 1.82) is 0 Å². The lowest BCUT2D eigenvalue weighted by Gasteiger charge is -2.36. The van der Waals surface area contributed by atoms with Crippen LogP contribution in [0.3, 0.4) is 0 Å². The number of fused-ring (bicyclic) bond motifs is 4. The number of piperazine rings is 2. The van der Waals surface area contributed by atoms with Gasteiger partial charge in [0, 0.05) is 108 Å². The number of hydrogen-bond donors (Lipinski definition) is 4. The second-order valence-electron chi connectivity index (χ2n) is 14.3. The minimum atomic E-state index is -1.26. The standard InChI is InChI=1S/2C21H25N3O2S.C4H4O4/c2*25-14-16-26-15-13-23-9-11-24(12-10-23)21-17-5-1-3-7-19(17)27-20-8-4-2-6-18(20)22-21;5-3(6)1-2-4(7)8/h2*1-8,25H,9-16H2;1-2H,(H,5,6)(H,7,8)/b;;2-1+/i2*9+1,10+1,11+1,12+1;. The molecule has 0 bridgehead atoms. The molecule has 0 atom stereocenters. The molecule has 8 rings (SSSR count). The Bertz CT molecular complexity index is 2020. The highest BCUT2D eigenvalue weighted by Gasteiger charge is 2.26. The molecule has 14 nitrogen and oxygen atoms in total. The molecule has 0 aliphatic carbocycles. The molecule has 2 fully saturated rings. The van der Waals surface area contributed by atoms with Crippen LogP contribution in [0.15, 0.2) is 139 Å². The fraction of sp³-hybridized carbons (Fsp3) is 0.348. The van der Waals surface area contributed by atoms with Gasteiger partial charge in [-0.2, -0.15) is 0 Å². The molecule has 328 valence electrons. The topological polar surface area (TPSA) is 171 Å². The van der Waals surface area contributed by atoms with Crippen LogP contribution < -0.4 is 0 Å². The van der Waals surface area contributed by atoms with Crippen LogP contribution >= 0.6 is 23.5 Å². The fourth-order valence-electron chi connectivity index (χ4n) is 7.05. The van der Waals surface area contributed by atoms with E-state index in [9.17, 15) is 9.59 Å². The maximum absolute atomic E-state index is 9.55. The molecule has 4 aliphatic rings. The summed E-state index contributed by atoms with van der Waals surface area (Å²) in [5.41, 5.74) is 4.54. The van der Waals surface area contributed by atoms with Crippen LogP contribution in [-0.2, 0) is 19.1 Å². The first-order chi connectivity index (χ1) is 30.3. The van der Waals surface area contributed by atoms with E-state index in [0.29, 0.717) is 38.6 Å². The fourth-order valence-corrected chi connectivity index (χ4v) is 9.09. The van der Waals surface area contributed by atoms with E-state index in [1.165, 1.54) is 30.7 Å². The Morgan fingerprint density at radius 2 is 0.871 bits per heavy atom. The van der Waals surface area contributed by atoms with Gasteiger partial charge in [0.05, 0.1) is 51.0 Å². The smallest absolute Gasteiger partial charge is 0.328 e. The molecule has 4 N–H and O–H groups in total. The maximum atomic E-state index is 9.55. The second-order valence-corrected chi connectivity index (χ2v) is 16.5. The van der Waals surface area contributed by atoms with Gasteiger partial charge in [-0.1, -0.05) is 84.2 Å². The number of hydrogen-bond acceptors (Lipinski definition) is 14. The Morgan fingerprint density at radius 1 is 0.516 bits per heavy atom. The Balaban J connectivity index is 0.000000176. The van der Waals surface area contributed by atoms with Crippen LogP contribution in [0, 0.1) is 0 Å². The van der Waals surface area contributed by atoms with Gasteiger partial charge in [-0.25, -0.2) is 19.6 Å². The molecule has 0 aromatic heterocycles. The van der Waals surface area contributed by atoms with Crippen molar-refractivity contribution in [3.05, 3.63) is 120 Å². The van der Waals surface area contributed by atoms with Crippen LogP contribution in [0.1, 0.15) is 11.1 Å². The molecule has 4 aliphatic heterocycles. The monoisotopic (exact) mass is 890 g/mol. The first-order valence-electron chi connectivity index (χ1n) is 20.7. The van der Waals surface area contributed by atoms with E-state index >= 15 is 0 Å². The molecule has 16 heteroatoms. The van der Waals surface area contributed by atoms with Crippen LogP contribution in [0.25, 0.3) is 0 Å². The summed E-state index contributed by atoms with van der Waals surface area (Å²) < 4.78 is 10.8. The maximum Gasteiger partial charge on any atom is 0.328 e. The zero-order valence-electron chi connectivity index (χ0n) is 34.6. The quantitative estimate of drug-likeness (QED) is 0.0808. The molecule has 0 saturated carbocycles. The first-order valence-corrected chi connectivity index (χ1v) is 22.3. The molecule has 4 aromatic carbocycles. The number of nitrogens with zero attached hydrogens (tertiary/aromatic N) is 6. The third-order valence-electron chi connectivity index (χ3n) is 10.2. The van der Waals surface area contributed by atoms with Gasteiger partial charge >= 0.3 is 11.9 Å². The van der Waals surface area contributed by atoms with E-state index in [2.05, 4.69) is 117 Å². The van der Waals surface area contributed by atoms with Crippen molar-refractivity contribution in [2.75, 3.05) is 105 Å². The highest BCUT2D eigenvalue weighted by molar-refractivity contribution is 7.99. The van der Waals surface area contributed by atoms with Gasteiger partial charge < -0.3 is 39.7 Å². The number of para-hydroxylation sites is 2. The van der Waals surface area contributed by atoms with Crippen LogP contribution in [0.4, 0.5) is 11.4 Å². The Labute approximate surface area is 371 Å². The van der Waals surface area contributed by atoms with Crippen molar-refractivity contribution >= 4 is 58.5 Å². The SMILES string of the molecule is O=C(O)/C=C/C(=O)O.OCCOCCN1[13CH2][13CH2]N(C2=Nc3ccccc3Sc3ccccc32)[13CH2][13CH2]1.OCCOCCN1[13CH2][13CH2]N(C2=Nc3ccccc3Sc3ccccc32)[13CH2][13CH2]1.